The van der Waals surface area contributed by atoms with Gasteiger partial charge in [-0.15, -0.1) is 4.68 Å². The molecule has 0 radical (unpaired) electrons. The summed E-state index contributed by atoms with van der Waals surface area (Å²) in [6.45, 7) is 8.54. The predicted octanol–water partition coefficient (Wildman–Crippen LogP) is 2.89. The van der Waals surface area contributed by atoms with Gasteiger partial charge in [-0.05, 0) is 54.7 Å². The van der Waals surface area contributed by atoms with Gasteiger partial charge in [-0.25, -0.2) is 5.10 Å². The molecule has 35 heavy (non-hydrogen) atoms. The van der Waals surface area contributed by atoms with Gasteiger partial charge in [0.25, 0.3) is 0 Å². The molecule has 1 fully saturated rings. The fourth-order valence-electron chi connectivity index (χ4n) is 5.09. The summed E-state index contributed by atoms with van der Waals surface area (Å²) in [6.07, 6.45) is 5.53. The zero-order chi connectivity index (χ0) is 23.9. The Morgan fingerprint density at radius 2 is 2.00 bits per heavy atom. The second-order valence-corrected chi connectivity index (χ2v) is 9.12. The normalized spacial score (nSPS) is 15.7. The van der Waals surface area contributed by atoms with Crippen LogP contribution in [0.2, 0.25) is 0 Å². The number of nitrogens with one attached hydrogen (secondary N) is 1. The summed E-state index contributed by atoms with van der Waals surface area (Å²) in [5, 5.41) is 4.32. The van der Waals surface area contributed by atoms with Gasteiger partial charge in [0.15, 0.2) is 0 Å². The van der Waals surface area contributed by atoms with Crippen LogP contribution in [0, 0.1) is 6.92 Å². The van der Waals surface area contributed by atoms with E-state index in [-0.39, 0.29) is 6.04 Å². The lowest BCUT2D eigenvalue weighted by Gasteiger charge is -2.26. The molecular weight excluding hydrogens is 440 g/mol. The first-order valence-corrected chi connectivity index (χ1v) is 12.0. The topological polar surface area (TPSA) is 101 Å². The molecule has 5 aromatic rings. The van der Waals surface area contributed by atoms with Crippen LogP contribution in [0.4, 0.5) is 5.82 Å². The molecule has 1 atom stereocenters. The van der Waals surface area contributed by atoms with E-state index in [1.54, 1.807) is 0 Å². The second-order valence-electron chi connectivity index (χ2n) is 9.12. The van der Waals surface area contributed by atoms with E-state index in [2.05, 4.69) is 78.6 Å². The van der Waals surface area contributed by atoms with Crippen molar-refractivity contribution in [3.63, 3.8) is 0 Å². The van der Waals surface area contributed by atoms with Gasteiger partial charge >= 0.3 is 5.65 Å². The maximum atomic E-state index is 6.17. The highest BCUT2D eigenvalue weighted by Crippen LogP contribution is 2.32. The fraction of sp³-hybridized carbons (Fsp3) is 0.308. The van der Waals surface area contributed by atoms with Crippen LogP contribution in [0.5, 0.6) is 0 Å². The molecule has 6 heterocycles. The number of nitrogen functional groups attached to an aromatic ring is 1. The Bertz CT molecular complexity index is 1510. The summed E-state index contributed by atoms with van der Waals surface area (Å²) in [6, 6.07) is 12.7. The highest BCUT2D eigenvalue weighted by Gasteiger charge is 2.28. The number of aromatic nitrogens is 6. The lowest BCUT2D eigenvalue weighted by Crippen LogP contribution is -2.41. The van der Waals surface area contributed by atoms with Crippen LogP contribution >= 0.6 is 0 Å². The molecule has 5 aromatic heterocycles. The van der Waals surface area contributed by atoms with Crippen molar-refractivity contribution in [3.05, 3.63) is 71.9 Å². The highest BCUT2D eigenvalue weighted by molar-refractivity contribution is 5.85. The number of aromatic amines is 1. The lowest BCUT2D eigenvalue weighted by molar-refractivity contribution is -0.741. The van der Waals surface area contributed by atoms with E-state index < -0.39 is 0 Å². The van der Waals surface area contributed by atoms with Crippen LogP contribution < -0.4 is 10.4 Å². The predicted molar refractivity (Wildman–Crippen MR) is 134 cm³/mol. The molecule has 0 saturated carbocycles. The minimum absolute atomic E-state index is 0.0416. The van der Waals surface area contributed by atoms with Gasteiger partial charge in [0.2, 0.25) is 6.33 Å². The standard InChI is InChI=1S/C26H28N8O/c1-17-23-25(27)29-16-30-26(23)34(31-17)18(2)21-14-20-5-3-4-8-33(20)24(21)22-13-19(6-7-28-22)15-32-9-11-35-12-10-32/h3-8,13-14,16,18H,9-12,15H2,1-2H3,(H2,27,29,30,31)/p+1. The molecule has 0 amide bonds. The summed E-state index contributed by atoms with van der Waals surface area (Å²) < 4.78 is 9.80. The van der Waals surface area contributed by atoms with E-state index in [4.69, 9.17) is 15.5 Å². The molecule has 6 rings (SSSR count). The molecule has 3 N–H and O–H groups in total. The van der Waals surface area contributed by atoms with Crippen LogP contribution in [0.15, 0.2) is 55.1 Å². The van der Waals surface area contributed by atoms with Crippen molar-refractivity contribution in [3.8, 4) is 11.4 Å². The fourth-order valence-corrected chi connectivity index (χ4v) is 5.09. The highest BCUT2D eigenvalue weighted by atomic mass is 16.5. The second kappa shape index (κ2) is 8.75. The Morgan fingerprint density at radius 3 is 2.86 bits per heavy atom. The maximum absolute atomic E-state index is 6.17. The summed E-state index contributed by atoms with van der Waals surface area (Å²) in [7, 11) is 0. The van der Waals surface area contributed by atoms with Gasteiger partial charge in [0.05, 0.1) is 30.3 Å². The van der Waals surface area contributed by atoms with Gasteiger partial charge in [0, 0.05) is 43.1 Å². The van der Waals surface area contributed by atoms with Crippen LogP contribution in [0.25, 0.3) is 27.9 Å². The number of pyridine rings is 2. The van der Waals surface area contributed by atoms with Gasteiger partial charge in [0.1, 0.15) is 17.2 Å². The molecule has 0 aromatic carbocycles. The number of hydrogen-bond donors (Lipinski definition) is 2. The number of ether oxygens (including phenoxy) is 1. The molecule has 9 nitrogen and oxygen atoms in total. The van der Waals surface area contributed by atoms with E-state index in [1.807, 2.05) is 13.1 Å². The Hall–Kier alpha value is -3.82. The SMILES string of the molecule is Cc1[nH][n+](C(C)c2cc3ccccn3c2-c2cc(CN3CCOCC3)ccn2)c2ncnc(N)c12. The smallest absolute Gasteiger partial charge is 0.356 e. The number of fused-ring (bicyclic) bond motifs is 2. The third-order valence-electron chi connectivity index (χ3n) is 6.87. The van der Waals surface area contributed by atoms with E-state index in [1.165, 1.54) is 11.9 Å². The third-order valence-corrected chi connectivity index (χ3v) is 6.87. The average Bonchev–Trinajstić information content (AvgIpc) is 3.43. The summed E-state index contributed by atoms with van der Waals surface area (Å²) in [5.74, 6) is 0.481. The number of rotatable bonds is 5. The first-order valence-electron chi connectivity index (χ1n) is 12.0. The van der Waals surface area contributed by atoms with Gasteiger partial charge in [-0.2, -0.15) is 4.98 Å². The first-order chi connectivity index (χ1) is 17.1. The van der Waals surface area contributed by atoms with Crippen molar-refractivity contribution in [1.29, 1.82) is 0 Å². The van der Waals surface area contributed by atoms with E-state index in [0.29, 0.717) is 5.82 Å². The molecule has 0 spiro atoms. The Labute approximate surface area is 203 Å². The van der Waals surface area contributed by atoms with Crippen LogP contribution in [0.3, 0.4) is 0 Å². The minimum Gasteiger partial charge on any atom is -0.383 e. The number of hydrogen-bond acceptors (Lipinski definition) is 6. The quantitative estimate of drug-likeness (QED) is 0.384. The number of morpholine rings is 1. The van der Waals surface area contributed by atoms with E-state index >= 15 is 0 Å². The Balaban J connectivity index is 1.47. The van der Waals surface area contributed by atoms with Crippen molar-refractivity contribution in [1.82, 2.24) is 29.4 Å². The molecular formula is C26H29N8O+. The molecule has 0 aliphatic carbocycles. The molecule has 1 saturated heterocycles. The minimum atomic E-state index is -0.0416. The van der Waals surface area contributed by atoms with E-state index in [9.17, 15) is 0 Å². The zero-order valence-corrected chi connectivity index (χ0v) is 20.0. The summed E-state index contributed by atoms with van der Waals surface area (Å²) in [5.41, 5.74) is 13.4. The third kappa shape index (κ3) is 3.82. The number of aryl methyl sites for hydroxylation is 1. The van der Waals surface area contributed by atoms with E-state index in [0.717, 1.165) is 72.0 Å². The molecule has 1 unspecified atom stereocenters. The Morgan fingerprint density at radius 1 is 1.14 bits per heavy atom. The van der Waals surface area contributed by atoms with Gasteiger partial charge in [-0.3, -0.25) is 9.88 Å². The maximum Gasteiger partial charge on any atom is 0.356 e. The molecule has 1 aliphatic rings. The van der Waals surface area contributed by atoms with Crippen LogP contribution in [-0.2, 0) is 11.3 Å². The molecule has 1 aliphatic heterocycles. The van der Waals surface area contributed by atoms with Crippen molar-refractivity contribution in [2.75, 3.05) is 32.0 Å². The average molecular weight is 470 g/mol. The van der Waals surface area contributed by atoms with Gasteiger partial charge in [-0.1, -0.05) is 6.07 Å². The van der Waals surface area contributed by atoms with Crippen molar-refractivity contribution in [2.45, 2.75) is 26.4 Å². The first kappa shape index (κ1) is 21.7. The number of anilines is 1. The van der Waals surface area contributed by atoms with Crippen molar-refractivity contribution < 1.29 is 9.42 Å². The summed E-state index contributed by atoms with van der Waals surface area (Å²) in [4.78, 5) is 16.0. The van der Waals surface area contributed by atoms with Crippen molar-refractivity contribution >= 4 is 22.4 Å². The molecule has 178 valence electrons. The zero-order valence-electron chi connectivity index (χ0n) is 20.0. The Kier molecular flexibility index (Phi) is 5.43. The van der Waals surface area contributed by atoms with Crippen molar-refractivity contribution in [2.24, 2.45) is 0 Å². The number of nitrogens with zero attached hydrogens (tertiary/aromatic N) is 6. The summed E-state index contributed by atoms with van der Waals surface area (Å²) >= 11 is 0. The van der Waals surface area contributed by atoms with Crippen LogP contribution in [0.1, 0.15) is 29.8 Å². The van der Waals surface area contributed by atoms with Crippen LogP contribution in [-0.4, -0.2) is 55.7 Å². The largest absolute Gasteiger partial charge is 0.383 e. The molecule has 0 bridgehead atoms. The molecule has 9 heteroatoms. The lowest BCUT2D eigenvalue weighted by atomic mass is 10.1. The monoisotopic (exact) mass is 469 g/mol. The number of nitrogens with two attached hydrogens (primary N) is 1. The number of H-pyrrole nitrogens is 1. The van der Waals surface area contributed by atoms with Gasteiger partial charge < -0.3 is 14.9 Å².